The number of hydrogen-bond acceptors (Lipinski definition) is 7. The van der Waals surface area contributed by atoms with Crippen molar-refractivity contribution >= 4 is 0 Å². The molecule has 3 aromatic rings. The summed E-state index contributed by atoms with van der Waals surface area (Å²) in [6, 6.07) is 18.6. The van der Waals surface area contributed by atoms with Crippen molar-refractivity contribution in [1.29, 1.82) is 5.26 Å². The molecule has 196 valence electrons. The highest BCUT2D eigenvalue weighted by molar-refractivity contribution is 5.44. The molecule has 0 saturated carbocycles. The van der Waals surface area contributed by atoms with Gasteiger partial charge in [0, 0.05) is 55.7 Å². The van der Waals surface area contributed by atoms with E-state index in [9.17, 15) is 9.90 Å². The summed E-state index contributed by atoms with van der Waals surface area (Å²) in [5.74, 6) is 6.06. The monoisotopic (exact) mass is 511 g/mol. The van der Waals surface area contributed by atoms with E-state index in [1.807, 2.05) is 31.2 Å². The van der Waals surface area contributed by atoms with E-state index in [2.05, 4.69) is 62.4 Å². The third kappa shape index (κ3) is 7.77. The first-order valence-corrected chi connectivity index (χ1v) is 12.9. The maximum absolute atomic E-state index is 11.8. The van der Waals surface area contributed by atoms with Crippen molar-refractivity contribution in [2.75, 3.05) is 32.8 Å². The zero-order valence-corrected chi connectivity index (χ0v) is 21.6. The van der Waals surface area contributed by atoms with E-state index in [-0.39, 0.29) is 17.7 Å². The molecule has 1 fully saturated rings. The van der Waals surface area contributed by atoms with Crippen LogP contribution in [0.15, 0.2) is 59.7 Å². The van der Waals surface area contributed by atoms with E-state index in [1.165, 1.54) is 11.9 Å². The SMILES string of the molecule is CC(CC#N)NCC(Cc1nc[nH]c(=O)c1O)c1ccc(C#Cc2ccc(CN3CCOCC3)cc2)cc1. The molecule has 2 heterocycles. The van der Waals surface area contributed by atoms with Gasteiger partial charge >= 0.3 is 0 Å². The topological polar surface area (TPSA) is 114 Å². The predicted molar refractivity (Wildman–Crippen MR) is 146 cm³/mol. The van der Waals surface area contributed by atoms with Gasteiger partial charge in [-0.3, -0.25) is 9.69 Å². The molecule has 0 radical (unpaired) electrons. The molecule has 0 aliphatic carbocycles. The van der Waals surface area contributed by atoms with Crippen LogP contribution < -0.4 is 10.9 Å². The van der Waals surface area contributed by atoms with Crippen molar-refractivity contribution in [3.05, 3.63) is 93.2 Å². The average Bonchev–Trinajstić information content (AvgIpc) is 2.94. The number of aromatic nitrogens is 2. The lowest BCUT2D eigenvalue weighted by Gasteiger charge is -2.26. The smallest absolute Gasteiger partial charge is 0.293 e. The zero-order valence-electron chi connectivity index (χ0n) is 21.6. The van der Waals surface area contributed by atoms with E-state index in [0.717, 1.165) is 49.5 Å². The first-order valence-electron chi connectivity index (χ1n) is 12.9. The molecule has 2 unspecified atom stereocenters. The second-order valence-corrected chi connectivity index (χ2v) is 9.56. The lowest BCUT2D eigenvalue weighted by atomic mass is 9.92. The largest absolute Gasteiger partial charge is 0.502 e. The molecule has 8 heteroatoms. The number of morpholine rings is 1. The minimum atomic E-state index is -0.556. The number of hydrogen-bond donors (Lipinski definition) is 3. The molecule has 3 N–H and O–H groups in total. The maximum atomic E-state index is 11.8. The second kappa shape index (κ2) is 13.6. The highest BCUT2D eigenvalue weighted by Gasteiger charge is 2.18. The highest BCUT2D eigenvalue weighted by Crippen LogP contribution is 2.23. The van der Waals surface area contributed by atoms with Crippen LogP contribution in [0, 0.1) is 23.2 Å². The summed E-state index contributed by atoms with van der Waals surface area (Å²) in [7, 11) is 0. The Bertz CT molecular complexity index is 1340. The van der Waals surface area contributed by atoms with Crippen molar-refractivity contribution in [2.45, 2.75) is 38.3 Å². The quantitative estimate of drug-likeness (QED) is 0.379. The third-order valence-electron chi connectivity index (χ3n) is 6.65. The third-order valence-corrected chi connectivity index (χ3v) is 6.65. The molecule has 1 saturated heterocycles. The Labute approximate surface area is 223 Å². The Morgan fingerprint density at radius 3 is 2.42 bits per heavy atom. The van der Waals surface area contributed by atoms with Gasteiger partial charge in [-0.2, -0.15) is 5.26 Å². The minimum absolute atomic E-state index is 0.0219. The summed E-state index contributed by atoms with van der Waals surface area (Å²) in [4.78, 5) is 20.8. The maximum Gasteiger partial charge on any atom is 0.293 e. The van der Waals surface area contributed by atoms with Gasteiger partial charge in [-0.15, -0.1) is 0 Å². The number of aromatic amines is 1. The Hall–Kier alpha value is -3.95. The average molecular weight is 512 g/mol. The van der Waals surface area contributed by atoms with Gasteiger partial charge in [0.05, 0.1) is 37.7 Å². The summed E-state index contributed by atoms with van der Waals surface area (Å²) >= 11 is 0. The molecule has 1 aromatic heterocycles. The molecular formula is C30H33N5O3. The summed E-state index contributed by atoms with van der Waals surface area (Å²) < 4.78 is 5.42. The zero-order chi connectivity index (χ0) is 26.7. The van der Waals surface area contributed by atoms with Crippen molar-refractivity contribution in [2.24, 2.45) is 0 Å². The normalized spacial score (nSPS) is 15.2. The Morgan fingerprint density at radius 1 is 1.11 bits per heavy atom. The summed E-state index contributed by atoms with van der Waals surface area (Å²) in [5.41, 5.74) is 3.94. The van der Waals surface area contributed by atoms with Gasteiger partial charge in [0.25, 0.3) is 5.56 Å². The van der Waals surface area contributed by atoms with Crippen LogP contribution in [0.5, 0.6) is 5.75 Å². The Balaban J connectivity index is 1.43. The van der Waals surface area contributed by atoms with Gasteiger partial charge in [-0.25, -0.2) is 4.98 Å². The van der Waals surface area contributed by atoms with Crippen molar-refractivity contribution in [3.63, 3.8) is 0 Å². The van der Waals surface area contributed by atoms with Crippen LogP contribution in [0.4, 0.5) is 0 Å². The van der Waals surface area contributed by atoms with Crippen LogP contribution in [-0.4, -0.2) is 58.9 Å². The molecule has 1 aliphatic heterocycles. The fourth-order valence-electron chi connectivity index (χ4n) is 4.37. The number of ether oxygens (including phenoxy) is 1. The summed E-state index contributed by atoms with van der Waals surface area (Å²) in [6.07, 6.45) is 2.07. The molecule has 1 aliphatic rings. The standard InChI is InChI=1S/C30H33N5O3/c1-22(12-13-31)32-19-27(18-28-29(36)30(37)34-21-33-28)26-10-8-24(9-11-26)3-2-23-4-6-25(7-5-23)20-35-14-16-38-17-15-35/h4-11,21-22,27,32,36H,12,14-20H2,1H3,(H,33,34,37). The number of benzene rings is 2. The number of nitriles is 1. The van der Waals surface area contributed by atoms with Crippen molar-refractivity contribution in [3.8, 4) is 23.7 Å². The fourth-order valence-corrected chi connectivity index (χ4v) is 4.37. The van der Waals surface area contributed by atoms with E-state index < -0.39 is 5.56 Å². The lowest BCUT2D eigenvalue weighted by molar-refractivity contribution is 0.0342. The molecule has 8 nitrogen and oxygen atoms in total. The van der Waals surface area contributed by atoms with E-state index in [1.54, 1.807) is 0 Å². The molecule has 0 amide bonds. The predicted octanol–water partition coefficient (Wildman–Crippen LogP) is 2.93. The van der Waals surface area contributed by atoms with Crippen LogP contribution >= 0.6 is 0 Å². The Kier molecular flexibility index (Phi) is 9.66. The minimum Gasteiger partial charge on any atom is -0.502 e. The van der Waals surface area contributed by atoms with Crippen LogP contribution in [0.1, 0.15) is 47.2 Å². The van der Waals surface area contributed by atoms with Crippen molar-refractivity contribution in [1.82, 2.24) is 20.2 Å². The van der Waals surface area contributed by atoms with Gasteiger partial charge in [0.2, 0.25) is 5.75 Å². The second-order valence-electron chi connectivity index (χ2n) is 9.56. The van der Waals surface area contributed by atoms with Gasteiger partial charge in [0.15, 0.2) is 0 Å². The van der Waals surface area contributed by atoms with E-state index in [4.69, 9.17) is 10.00 Å². The van der Waals surface area contributed by atoms with Crippen LogP contribution in [-0.2, 0) is 17.7 Å². The number of rotatable bonds is 9. The Morgan fingerprint density at radius 2 is 1.76 bits per heavy atom. The van der Waals surface area contributed by atoms with Gasteiger partial charge in [-0.1, -0.05) is 36.1 Å². The lowest BCUT2D eigenvalue weighted by Crippen LogP contribution is -2.35. The number of nitrogens with one attached hydrogen (secondary N) is 2. The molecular weight excluding hydrogens is 478 g/mol. The highest BCUT2D eigenvalue weighted by atomic mass is 16.5. The molecule has 0 spiro atoms. The fraction of sp³-hybridized carbons (Fsp3) is 0.367. The number of aromatic hydroxyl groups is 1. The van der Waals surface area contributed by atoms with Crippen LogP contribution in [0.25, 0.3) is 0 Å². The number of nitrogens with zero attached hydrogens (tertiary/aromatic N) is 3. The molecule has 0 bridgehead atoms. The van der Waals surface area contributed by atoms with Gasteiger partial charge in [0.1, 0.15) is 0 Å². The molecule has 4 rings (SSSR count). The van der Waals surface area contributed by atoms with Crippen LogP contribution in [0.3, 0.4) is 0 Å². The van der Waals surface area contributed by atoms with E-state index >= 15 is 0 Å². The molecule has 38 heavy (non-hydrogen) atoms. The van der Waals surface area contributed by atoms with Crippen LogP contribution in [0.2, 0.25) is 0 Å². The van der Waals surface area contributed by atoms with E-state index in [0.29, 0.717) is 25.1 Å². The van der Waals surface area contributed by atoms with Gasteiger partial charge in [-0.05, 0) is 42.3 Å². The summed E-state index contributed by atoms with van der Waals surface area (Å²) in [5, 5.41) is 22.5. The summed E-state index contributed by atoms with van der Waals surface area (Å²) in [6.45, 7) is 6.98. The molecule has 2 atom stereocenters. The first-order chi connectivity index (χ1) is 18.5. The van der Waals surface area contributed by atoms with Gasteiger partial charge < -0.3 is 20.1 Å². The van der Waals surface area contributed by atoms with Crippen molar-refractivity contribution < 1.29 is 9.84 Å². The first kappa shape index (κ1) is 27.1. The molecule has 2 aromatic carbocycles. The number of H-pyrrole nitrogens is 1.